The first-order valence-electron chi connectivity index (χ1n) is 5.43. The molecular weight excluding hydrogens is 206 g/mol. The molecule has 84 valence electrons. The molecule has 0 bridgehead atoms. The maximum absolute atomic E-state index is 11.5. The second-order valence-electron chi connectivity index (χ2n) is 4.17. The number of benzene rings is 1. The van der Waals surface area contributed by atoms with Gasteiger partial charge in [0.05, 0.1) is 4.92 Å². The molecule has 0 amide bonds. The highest BCUT2D eigenvalue weighted by molar-refractivity contribution is 5.83. The highest BCUT2D eigenvalue weighted by Gasteiger charge is 2.28. The van der Waals surface area contributed by atoms with Crippen molar-refractivity contribution in [3.8, 4) is 0 Å². The third kappa shape index (κ3) is 2.66. The Morgan fingerprint density at radius 2 is 2.19 bits per heavy atom. The highest BCUT2D eigenvalue weighted by atomic mass is 16.6. The monoisotopic (exact) mass is 219 g/mol. The van der Waals surface area contributed by atoms with Gasteiger partial charge in [-0.2, -0.15) is 0 Å². The fourth-order valence-electron chi connectivity index (χ4n) is 1.70. The molecule has 16 heavy (non-hydrogen) atoms. The lowest BCUT2D eigenvalue weighted by Crippen LogP contribution is -2.02. The number of hydrogen-bond acceptors (Lipinski definition) is 3. The van der Waals surface area contributed by atoms with Gasteiger partial charge in [0, 0.05) is 24.5 Å². The smallest absolute Gasteiger partial charge is 0.269 e. The number of rotatable bonds is 5. The molecule has 0 aliphatic heterocycles. The first kappa shape index (κ1) is 10.8. The molecule has 1 aliphatic carbocycles. The Bertz CT molecular complexity index is 424. The summed E-state index contributed by atoms with van der Waals surface area (Å²) in [6, 6.07) is 6.49. The van der Waals surface area contributed by atoms with E-state index >= 15 is 0 Å². The fraction of sp³-hybridized carbons (Fsp3) is 0.417. The van der Waals surface area contributed by atoms with E-state index in [2.05, 4.69) is 0 Å². The number of nitro benzene ring substituents is 1. The molecule has 0 atom stereocenters. The predicted molar refractivity (Wildman–Crippen MR) is 59.1 cm³/mol. The summed E-state index contributed by atoms with van der Waals surface area (Å²) in [6.07, 6.45) is 3.16. The van der Waals surface area contributed by atoms with Crippen molar-refractivity contribution in [3.05, 3.63) is 39.9 Å². The topological polar surface area (TPSA) is 60.2 Å². The zero-order valence-corrected chi connectivity index (χ0v) is 8.89. The Morgan fingerprint density at radius 3 is 2.81 bits per heavy atom. The van der Waals surface area contributed by atoms with E-state index in [1.165, 1.54) is 6.07 Å². The van der Waals surface area contributed by atoms with Crippen molar-refractivity contribution in [2.45, 2.75) is 25.7 Å². The van der Waals surface area contributed by atoms with Crippen molar-refractivity contribution >= 4 is 11.5 Å². The number of Topliss-reactive ketones (excluding diaryl/α,β-unsaturated/α-hetero) is 1. The minimum Gasteiger partial charge on any atom is -0.299 e. The van der Waals surface area contributed by atoms with E-state index in [0.717, 1.165) is 18.4 Å². The van der Waals surface area contributed by atoms with Crippen molar-refractivity contribution in [3.63, 3.8) is 0 Å². The van der Waals surface area contributed by atoms with E-state index in [-0.39, 0.29) is 11.6 Å². The summed E-state index contributed by atoms with van der Waals surface area (Å²) in [5, 5.41) is 10.5. The highest BCUT2D eigenvalue weighted by Crippen LogP contribution is 2.31. The largest absolute Gasteiger partial charge is 0.299 e. The van der Waals surface area contributed by atoms with Crippen LogP contribution >= 0.6 is 0 Å². The normalized spacial score (nSPS) is 14.8. The van der Waals surface area contributed by atoms with Crippen LogP contribution in [-0.2, 0) is 11.2 Å². The van der Waals surface area contributed by atoms with Crippen molar-refractivity contribution in [1.82, 2.24) is 0 Å². The Hall–Kier alpha value is -1.71. The van der Waals surface area contributed by atoms with E-state index in [4.69, 9.17) is 0 Å². The maximum atomic E-state index is 11.5. The number of ketones is 1. The molecule has 1 aromatic rings. The van der Waals surface area contributed by atoms with Crippen LogP contribution in [0.3, 0.4) is 0 Å². The Labute approximate surface area is 93.4 Å². The molecule has 4 heteroatoms. The molecule has 0 heterocycles. The van der Waals surface area contributed by atoms with Crippen LogP contribution in [-0.4, -0.2) is 10.7 Å². The van der Waals surface area contributed by atoms with Crippen LogP contribution in [0.2, 0.25) is 0 Å². The Kier molecular flexibility index (Phi) is 2.99. The van der Waals surface area contributed by atoms with Crippen LogP contribution in [0.1, 0.15) is 24.8 Å². The molecule has 1 aromatic carbocycles. The number of nitro groups is 1. The van der Waals surface area contributed by atoms with Crippen LogP contribution in [0, 0.1) is 16.0 Å². The third-order valence-corrected chi connectivity index (χ3v) is 2.81. The van der Waals surface area contributed by atoms with Gasteiger partial charge in [0.15, 0.2) is 0 Å². The minimum atomic E-state index is -0.411. The molecule has 0 spiro atoms. The van der Waals surface area contributed by atoms with Crippen molar-refractivity contribution < 1.29 is 9.72 Å². The van der Waals surface area contributed by atoms with Gasteiger partial charge in [0.25, 0.3) is 5.69 Å². The van der Waals surface area contributed by atoms with Gasteiger partial charge in [-0.25, -0.2) is 0 Å². The van der Waals surface area contributed by atoms with Crippen LogP contribution in [0.4, 0.5) is 5.69 Å². The zero-order chi connectivity index (χ0) is 11.5. The van der Waals surface area contributed by atoms with E-state index in [9.17, 15) is 14.9 Å². The summed E-state index contributed by atoms with van der Waals surface area (Å²) < 4.78 is 0. The summed E-state index contributed by atoms with van der Waals surface area (Å²) in [5.74, 6) is 0.574. The molecule has 0 saturated heterocycles. The van der Waals surface area contributed by atoms with Crippen LogP contribution < -0.4 is 0 Å². The lowest BCUT2D eigenvalue weighted by Gasteiger charge is -2.00. The van der Waals surface area contributed by atoms with Gasteiger partial charge in [-0.05, 0) is 24.8 Å². The van der Waals surface area contributed by atoms with Gasteiger partial charge >= 0.3 is 0 Å². The predicted octanol–water partition coefficient (Wildman–Crippen LogP) is 2.51. The quantitative estimate of drug-likeness (QED) is 0.564. The van der Waals surface area contributed by atoms with Crippen molar-refractivity contribution in [2.24, 2.45) is 5.92 Å². The van der Waals surface area contributed by atoms with Gasteiger partial charge in [-0.15, -0.1) is 0 Å². The molecule has 0 radical (unpaired) electrons. The second kappa shape index (κ2) is 4.43. The molecule has 0 N–H and O–H groups in total. The molecule has 2 rings (SSSR count). The summed E-state index contributed by atoms with van der Waals surface area (Å²) in [7, 11) is 0. The first-order valence-corrected chi connectivity index (χ1v) is 5.43. The van der Waals surface area contributed by atoms with E-state index in [1.54, 1.807) is 12.1 Å². The van der Waals surface area contributed by atoms with Crippen LogP contribution in [0.25, 0.3) is 0 Å². The molecule has 1 aliphatic rings. The molecular formula is C12H13NO3. The Morgan fingerprint density at radius 1 is 1.44 bits per heavy atom. The number of carbonyl (C=O) groups excluding carboxylic acids is 1. The lowest BCUT2D eigenvalue weighted by atomic mass is 10.1. The zero-order valence-electron chi connectivity index (χ0n) is 8.89. The summed E-state index contributed by atoms with van der Waals surface area (Å²) in [5.41, 5.74) is 0.958. The van der Waals surface area contributed by atoms with E-state index in [1.807, 2.05) is 6.07 Å². The van der Waals surface area contributed by atoms with E-state index < -0.39 is 4.92 Å². The molecule has 4 nitrogen and oxygen atoms in total. The summed E-state index contributed by atoms with van der Waals surface area (Å²) in [4.78, 5) is 21.6. The average molecular weight is 219 g/mol. The third-order valence-electron chi connectivity index (χ3n) is 2.81. The standard InChI is InChI=1S/C12H13NO3/c14-12(10-5-6-10)7-4-9-2-1-3-11(8-9)13(15)16/h1-3,8,10H,4-7H2. The first-order chi connectivity index (χ1) is 7.66. The molecule has 0 aromatic heterocycles. The van der Waals surface area contributed by atoms with E-state index in [0.29, 0.717) is 18.6 Å². The van der Waals surface area contributed by atoms with Crippen LogP contribution in [0.5, 0.6) is 0 Å². The average Bonchev–Trinajstić information content (AvgIpc) is 3.10. The number of non-ortho nitro benzene ring substituents is 1. The Balaban J connectivity index is 1.95. The number of hydrogen-bond donors (Lipinski definition) is 0. The van der Waals surface area contributed by atoms with Crippen LogP contribution in [0.15, 0.2) is 24.3 Å². The van der Waals surface area contributed by atoms with Gasteiger partial charge in [-0.3, -0.25) is 14.9 Å². The fourth-order valence-corrected chi connectivity index (χ4v) is 1.70. The van der Waals surface area contributed by atoms with Gasteiger partial charge in [0.1, 0.15) is 5.78 Å². The minimum absolute atomic E-state index is 0.0939. The van der Waals surface area contributed by atoms with Crippen molar-refractivity contribution in [2.75, 3.05) is 0 Å². The van der Waals surface area contributed by atoms with Gasteiger partial charge < -0.3 is 0 Å². The number of nitrogens with zero attached hydrogens (tertiary/aromatic N) is 1. The number of aryl methyl sites for hydroxylation is 1. The SMILES string of the molecule is O=C(CCc1cccc([N+](=O)[O-])c1)C1CC1. The second-order valence-corrected chi connectivity index (χ2v) is 4.17. The maximum Gasteiger partial charge on any atom is 0.269 e. The summed E-state index contributed by atoms with van der Waals surface area (Å²) >= 11 is 0. The lowest BCUT2D eigenvalue weighted by molar-refractivity contribution is -0.384. The molecule has 0 unspecified atom stereocenters. The molecule has 1 fully saturated rings. The van der Waals surface area contributed by atoms with Gasteiger partial charge in [0.2, 0.25) is 0 Å². The molecule has 1 saturated carbocycles. The number of carbonyl (C=O) groups is 1. The summed E-state index contributed by atoms with van der Waals surface area (Å²) in [6.45, 7) is 0. The van der Waals surface area contributed by atoms with Gasteiger partial charge in [-0.1, -0.05) is 12.1 Å². The van der Waals surface area contributed by atoms with Crippen molar-refractivity contribution in [1.29, 1.82) is 0 Å².